The second-order valence-electron chi connectivity index (χ2n) is 5.96. The number of ether oxygens (including phenoxy) is 1. The molecular formula is C14H23N3O4. The molecule has 2 heterocycles. The molecule has 2 fully saturated rings. The van der Waals surface area contributed by atoms with Crippen LogP contribution in [0.4, 0.5) is 4.79 Å². The van der Waals surface area contributed by atoms with Crippen LogP contribution in [-0.4, -0.2) is 65.5 Å². The third kappa shape index (κ3) is 3.18. The quantitative estimate of drug-likeness (QED) is 0.585. The lowest BCUT2D eigenvalue weighted by molar-refractivity contribution is -0.148. The van der Waals surface area contributed by atoms with Crippen molar-refractivity contribution in [2.24, 2.45) is 0 Å². The van der Waals surface area contributed by atoms with E-state index in [4.69, 9.17) is 4.74 Å². The Morgan fingerprint density at radius 3 is 2.67 bits per heavy atom. The van der Waals surface area contributed by atoms with Crippen molar-refractivity contribution in [3.8, 4) is 0 Å². The molecule has 2 rings (SSSR count). The minimum atomic E-state index is -0.845. The lowest BCUT2D eigenvalue weighted by Crippen LogP contribution is -2.44. The van der Waals surface area contributed by atoms with Gasteiger partial charge >= 0.3 is 12.0 Å². The standard InChI is InChI=1S/C14H23N3O4/c1-4-21-11(18)10-6-5-7-16(10)8-9-17-12(19)14(2,3)15-13(17)20/h10H,4-9H2,1-3H3,(H,15,20). The predicted molar refractivity (Wildman–Crippen MR) is 75.6 cm³/mol. The van der Waals surface area contributed by atoms with Crippen LogP contribution in [-0.2, 0) is 14.3 Å². The van der Waals surface area contributed by atoms with Crippen LogP contribution in [0.25, 0.3) is 0 Å². The van der Waals surface area contributed by atoms with Gasteiger partial charge in [0.1, 0.15) is 11.6 Å². The minimum absolute atomic E-state index is 0.215. The average Bonchev–Trinajstić information content (AvgIpc) is 2.93. The Kier molecular flexibility index (Phi) is 4.51. The number of imide groups is 1. The van der Waals surface area contributed by atoms with E-state index in [2.05, 4.69) is 5.32 Å². The fourth-order valence-electron chi connectivity index (χ4n) is 2.85. The van der Waals surface area contributed by atoms with Gasteiger partial charge < -0.3 is 10.1 Å². The zero-order valence-corrected chi connectivity index (χ0v) is 12.8. The molecule has 0 aromatic rings. The van der Waals surface area contributed by atoms with Crippen molar-refractivity contribution in [2.45, 2.75) is 45.2 Å². The Morgan fingerprint density at radius 1 is 1.38 bits per heavy atom. The van der Waals surface area contributed by atoms with E-state index in [0.29, 0.717) is 19.7 Å². The Morgan fingerprint density at radius 2 is 2.10 bits per heavy atom. The van der Waals surface area contributed by atoms with Gasteiger partial charge in [-0.25, -0.2) is 4.79 Å². The van der Waals surface area contributed by atoms with Crippen LogP contribution in [0.15, 0.2) is 0 Å². The van der Waals surface area contributed by atoms with Gasteiger partial charge in [0.2, 0.25) is 0 Å². The first-order valence-corrected chi connectivity index (χ1v) is 7.41. The maximum Gasteiger partial charge on any atom is 0.325 e. The molecular weight excluding hydrogens is 274 g/mol. The van der Waals surface area contributed by atoms with Crippen molar-refractivity contribution in [2.75, 3.05) is 26.2 Å². The fraction of sp³-hybridized carbons (Fsp3) is 0.786. The largest absolute Gasteiger partial charge is 0.465 e. The summed E-state index contributed by atoms with van der Waals surface area (Å²) >= 11 is 0. The summed E-state index contributed by atoms with van der Waals surface area (Å²) < 4.78 is 5.06. The molecule has 0 spiro atoms. The normalized spacial score (nSPS) is 25.3. The molecule has 3 amide bonds. The van der Waals surface area contributed by atoms with Crippen molar-refractivity contribution >= 4 is 17.9 Å². The van der Waals surface area contributed by atoms with Crippen molar-refractivity contribution < 1.29 is 19.1 Å². The number of carbonyl (C=O) groups excluding carboxylic acids is 3. The molecule has 2 aliphatic rings. The van der Waals surface area contributed by atoms with E-state index >= 15 is 0 Å². The number of nitrogens with one attached hydrogen (secondary N) is 1. The summed E-state index contributed by atoms with van der Waals surface area (Å²) in [5.74, 6) is -0.438. The molecule has 0 aromatic heterocycles. The fourth-order valence-corrected chi connectivity index (χ4v) is 2.85. The molecule has 1 atom stereocenters. The molecule has 0 radical (unpaired) electrons. The van der Waals surface area contributed by atoms with E-state index in [0.717, 1.165) is 19.4 Å². The molecule has 0 aliphatic carbocycles. The third-order valence-corrected chi connectivity index (χ3v) is 3.98. The SMILES string of the molecule is CCOC(=O)C1CCCN1CCN1C(=O)NC(C)(C)C1=O. The van der Waals surface area contributed by atoms with Crippen LogP contribution >= 0.6 is 0 Å². The van der Waals surface area contributed by atoms with Crippen LogP contribution in [0.5, 0.6) is 0 Å². The van der Waals surface area contributed by atoms with E-state index in [1.807, 2.05) is 4.90 Å². The number of carbonyl (C=O) groups is 3. The summed E-state index contributed by atoms with van der Waals surface area (Å²) in [4.78, 5) is 39.0. The van der Waals surface area contributed by atoms with Crippen molar-refractivity contribution in [3.63, 3.8) is 0 Å². The van der Waals surface area contributed by atoms with Crippen LogP contribution in [0.3, 0.4) is 0 Å². The van der Waals surface area contributed by atoms with Gasteiger partial charge in [0.25, 0.3) is 5.91 Å². The van der Waals surface area contributed by atoms with Gasteiger partial charge in [-0.1, -0.05) is 0 Å². The van der Waals surface area contributed by atoms with Crippen molar-refractivity contribution in [1.29, 1.82) is 0 Å². The molecule has 0 bridgehead atoms. The highest BCUT2D eigenvalue weighted by Gasteiger charge is 2.44. The first-order chi connectivity index (χ1) is 9.86. The number of hydrogen-bond acceptors (Lipinski definition) is 5. The lowest BCUT2D eigenvalue weighted by atomic mass is 10.1. The first-order valence-electron chi connectivity index (χ1n) is 7.41. The van der Waals surface area contributed by atoms with Crippen molar-refractivity contribution in [1.82, 2.24) is 15.1 Å². The highest BCUT2D eigenvalue weighted by Crippen LogP contribution is 2.20. The second-order valence-corrected chi connectivity index (χ2v) is 5.96. The van der Waals surface area contributed by atoms with Gasteiger partial charge in [0, 0.05) is 13.1 Å². The topological polar surface area (TPSA) is 79.0 Å². The van der Waals surface area contributed by atoms with Gasteiger partial charge in [-0.15, -0.1) is 0 Å². The van der Waals surface area contributed by atoms with Gasteiger partial charge in [-0.2, -0.15) is 0 Å². The zero-order chi connectivity index (χ0) is 15.6. The highest BCUT2D eigenvalue weighted by molar-refractivity contribution is 6.06. The van der Waals surface area contributed by atoms with Gasteiger partial charge in [0.15, 0.2) is 0 Å². The molecule has 0 saturated carbocycles. The minimum Gasteiger partial charge on any atom is -0.465 e. The molecule has 2 aliphatic heterocycles. The number of hydrogen-bond donors (Lipinski definition) is 1. The Labute approximate surface area is 124 Å². The van der Waals surface area contributed by atoms with E-state index < -0.39 is 5.54 Å². The van der Waals surface area contributed by atoms with Gasteiger partial charge in [-0.05, 0) is 40.2 Å². The summed E-state index contributed by atoms with van der Waals surface area (Å²) in [6.07, 6.45) is 1.69. The van der Waals surface area contributed by atoms with E-state index in [9.17, 15) is 14.4 Å². The second kappa shape index (κ2) is 6.01. The van der Waals surface area contributed by atoms with E-state index in [1.165, 1.54) is 4.90 Å². The molecule has 7 heteroatoms. The van der Waals surface area contributed by atoms with Crippen LogP contribution in [0.2, 0.25) is 0 Å². The van der Waals surface area contributed by atoms with Gasteiger partial charge in [-0.3, -0.25) is 19.4 Å². The molecule has 7 nitrogen and oxygen atoms in total. The summed E-state index contributed by atoms with van der Waals surface area (Å²) in [7, 11) is 0. The van der Waals surface area contributed by atoms with Crippen molar-refractivity contribution in [3.05, 3.63) is 0 Å². The smallest absolute Gasteiger partial charge is 0.325 e. The molecule has 2 saturated heterocycles. The number of esters is 1. The third-order valence-electron chi connectivity index (χ3n) is 3.98. The van der Waals surface area contributed by atoms with E-state index in [1.54, 1.807) is 20.8 Å². The predicted octanol–water partition coefficient (Wildman–Crippen LogP) is 0.344. The summed E-state index contributed by atoms with van der Waals surface area (Å²) in [5, 5.41) is 2.65. The molecule has 1 unspecified atom stereocenters. The highest BCUT2D eigenvalue weighted by atomic mass is 16.5. The molecule has 21 heavy (non-hydrogen) atoms. The first kappa shape index (κ1) is 15.8. The summed E-state index contributed by atoms with van der Waals surface area (Å²) in [6, 6.07) is -0.615. The Balaban J connectivity index is 1.92. The number of rotatable bonds is 5. The molecule has 0 aromatic carbocycles. The number of nitrogens with zero attached hydrogens (tertiary/aromatic N) is 2. The average molecular weight is 297 g/mol. The summed E-state index contributed by atoms with van der Waals surface area (Å²) in [6.45, 7) is 7.10. The van der Waals surface area contributed by atoms with Crippen LogP contribution in [0.1, 0.15) is 33.6 Å². The summed E-state index contributed by atoms with van der Waals surface area (Å²) in [5.41, 5.74) is -0.845. The van der Waals surface area contributed by atoms with Gasteiger partial charge in [0.05, 0.1) is 6.61 Å². The Hall–Kier alpha value is -1.63. The Bertz CT molecular complexity index is 450. The lowest BCUT2D eigenvalue weighted by Gasteiger charge is -2.24. The number of urea groups is 1. The zero-order valence-electron chi connectivity index (χ0n) is 12.8. The van der Waals surface area contributed by atoms with Crippen LogP contribution < -0.4 is 5.32 Å². The van der Waals surface area contributed by atoms with Crippen LogP contribution in [0, 0.1) is 0 Å². The van der Waals surface area contributed by atoms with E-state index in [-0.39, 0.29) is 23.9 Å². The maximum absolute atomic E-state index is 12.1. The molecule has 118 valence electrons. The monoisotopic (exact) mass is 297 g/mol. The molecule has 1 N–H and O–H groups in total. The number of likely N-dealkylation sites (tertiary alicyclic amines) is 1. The maximum atomic E-state index is 12.1. The number of amides is 3.